The van der Waals surface area contributed by atoms with E-state index < -0.39 is 0 Å². The van der Waals surface area contributed by atoms with Crippen molar-refractivity contribution < 1.29 is 9.53 Å². The molecule has 1 aliphatic rings. The van der Waals surface area contributed by atoms with Crippen LogP contribution in [-0.4, -0.2) is 43.1 Å². The Morgan fingerprint density at radius 2 is 2.20 bits per heavy atom. The number of rotatable bonds is 6. The first-order valence-electron chi connectivity index (χ1n) is 7.50. The van der Waals surface area contributed by atoms with Gasteiger partial charge in [0.1, 0.15) is 5.75 Å². The number of carbonyl (C=O) groups excluding carboxylic acids is 1. The zero-order valence-corrected chi connectivity index (χ0v) is 12.4. The monoisotopic (exact) mass is 276 g/mol. The molecule has 1 aromatic carbocycles. The van der Waals surface area contributed by atoms with Crippen LogP contribution in [0.2, 0.25) is 0 Å². The fraction of sp³-hybridized carbons (Fsp3) is 0.562. The lowest BCUT2D eigenvalue weighted by Crippen LogP contribution is -2.40. The van der Waals surface area contributed by atoms with E-state index in [1.165, 1.54) is 12.8 Å². The largest absolute Gasteiger partial charge is 0.493 e. The summed E-state index contributed by atoms with van der Waals surface area (Å²) in [5.74, 6) is 0.614. The fourth-order valence-corrected chi connectivity index (χ4v) is 2.78. The third kappa shape index (κ3) is 3.51. The molecular formula is C16H24N2O2. The first-order chi connectivity index (χ1) is 9.76. The number of hydrogen-bond acceptors (Lipinski definition) is 3. The van der Waals surface area contributed by atoms with Crippen LogP contribution in [-0.2, 0) is 0 Å². The molecule has 1 heterocycles. The minimum absolute atomic E-state index is 0.0444. The van der Waals surface area contributed by atoms with Crippen molar-refractivity contribution in [1.29, 1.82) is 0 Å². The zero-order valence-electron chi connectivity index (χ0n) is 12.4. The van der Waals surface area contributed by atoms with Crippen LogP contribution in [0.4, 0.5) is 0 Å². The second kappa shape index (κ2) is 7.29. The molecule has 1 amide bonds. The number of benzene rings is 1. The van der Waals surface area contributed by atoms with Crippen molar-refractivity contribution in [3.05, 3.63) is 29.8 Å². The molecule has 4 nitrogen and oxygen atoms in total. The van der Waals surface area contributed by atoms with E-state index in [9.17, 15) is 4.79 Å². The quantitative estimate of drug-likeness (QED) is 0.867. The Morgan fingerprint density at radius 3 is 2.95 bits per heavy atom. The molecule has 4 heteroatoms. The Balaban J connectivity index is 1.95. The van der Waals surface area contributed by atoms with E-state index in [0.717, 1.165) is 13.1 Å². The van der Waals surface area contributed by atoms with Crippen LogP contribution in [0.1, 0.15) is 37.0 Å². The molecule has 1 aromatic rings. The minimum Gasteiger partial charge on any atom is -0.493 e. The number of para-hydroxylation sites is 1. The van der Waals surface area contributed by atoms with E-state index >= 15 is 0 Å². The predicted octanol–water partition coefficient (Wildman–Crippen LogP) is 2.30. The second-order valence-corrected chi connectivity index (χ2v) is 5.06. The molecule has 0 aliphatic carbocycles. The Morgan fingerprint density at radius 1 is 1.40 bits per heavy atom. The number of likely N-dealkylation sites (N-methyl/N-ethyl adjacent to an activating group) is 1. The van der Waals surface area contributed by atoms with Gasteiger partial charge in [-0.1, -0.05) is 19.1 Å². The van der Waals surface area contributed by atoms with Crippen LogP contribution in [0.3, 0.4) is 0 Å². The number of amides is 1. The lowest BCUT2D eigenvalue weighted by molar-refractivity contribution is 0.0937. The lowest BCUT2D eigenvalue weighted by atomic mass is 10.1. The average molecular weight is 276 g/mol. The van der Waals surface area contributed by atoms with Crippen molar-refractivity contribution in [2.24, 2.45) is 0 Å². The Kier molecular flexibility index (Phi) is 5.41. The van der Waals surface area contributed by atoms with Gasteiger partial charge >= 0.3 is 0 Å². The van der Waals surface area contributed by atoms with Gasteiger partial charge in [0.05, 0.1) is 12.2 Å². The van der Waals surface area contributed by atoms with Crippen molar-refractivity contribution in [3.8, 4) is 5.75 Å². The number of nitrogens with one attached hydrogen (secondary N) is 1. The highest BCUT2D eigenvalue weighted by atomic mass is 16.5. The molecule has 0 spiro atoms. The van der Waals surface area contributed by atoms with E-state index in [4.69, 9.17) is 4.74 Å². The number of ether oxygens (including phenoxy) is 1. The normalized spacial score (nSPS) is 19.0. The van der Waals surface area contributed by atoms with E-state index in [1.54, 1.807) is 0 Å². The highest BCUT2D eigenvalue weighted by molar-refractivity contribution is 5.96. The van der Waals surface area contributed by atoms with Crippen LogP contribution in [0.15, 0.2) is 24.3 Å². The number of carbonyl (C=O) groups is 1. The van der Waals surface area contributed by atoms with Crippen molar-refractivity contribution in [2.75, 3.05) is 26.2 Å². The Labute approximate surface area is 121 Å². The number of likely N-dealkylation sites (tertiary alicyclic amines) is 1. The first-order valence-corrected chi connectivity index (χ1v) is 7.50. The molecule has 1 atom stereocenters. The third-order valence-corrected chi connectivity index (χ3v) is 3.84. The van der Waals surface area contributed by atoms with Gasteiger partial charge in [-0.05, 0) is 45.0 Å². The van der Waals surface area contributed by atoms with Gasteiger partial charge in [0.25, 0.3) is 5.91 Å². The smallest absolute Gasteiger partial charge is 0.255 e. The second-order valence-electron chi connectivity index (χ2n) is 5.06. The molecule has 1 saturated heterocycles. The van der Waals surface area contributed by atoms with Crippen molar-refractivity contribution >= 4 is 5.91 Å². The SMILES string of the molecule is CCOc1ccccc1C(=O)NC[C@H]1CCCN1CC. The summed E-state index contributed by atoms with van der Waals surface area (Å²) in [5.41, 5.74) is 0.621. The van der Waals surface area contributed by atoms with Crippen LogP contribution in [0.5, 0.6) is 5.75 Å². The standard InChI is InChI=1S/C16H24N2O2/c1-3-18-11-7-8-13(18)12-17-16(19)14-9-5-6-10-15(14)20-4-2/h5-6,9-10,13H,3-4,7-8,11-12H2,1-2H3,(H,17,19)/t13-/m1/s1. The molecule has 1 aliphatic heterocycles. The van der Waals surface area contributed by atoms with E-state index in [2.05, 4.69) is 17.1 Å². The van der Waals surface area contributed by atoms with Gasteiger partial charge in [-0.15, -0.1) is 0 Å². The molecule has 1 N–H and O–H groups in total. The zero-order chi connectivity index (χ0) is 14.4. The third-order valence-electron chi connectivity index (χ3n) is 3.84. The minimum atomic E-state index is -0.0444. The summed E-state index contributed by atoms with van der Waals surface area (Å²) in [4.78, 5) is 14.7. The van der Waals surface area contributed by atoms with Gasteiger partial charge in [0.15, 0.2) is 0 Å². The lowest BCUT2D eigenvalue weighted by Gasteiger charge is -2.23. The van der Waals surface area contributed by atoms with E-state index in [-0.39, 0.29) is 5.91 Å². The molecule has 0 aromatic heterocycles. The van der Waals surface area contributed by atoms with Gasteiger partial charge in [-0.25, -0.2) is 0 Å². The van der Waals surface area contributed by atoms with Crippen LogP contribution < -0.4 is 10.1 Å². The highest BCUT2D eigenvalue weighted by Gasteiger charge is 2.23. The summed E-state index contributed by atoms with van der Waals surface area (Å²) in [6.45, 7) is 7.57. The fourth-order valence-electron chi connectivity index (χ4n) is 2.78. The summed E-state index contributed by atoms with van der Waals surface area (Å²) in [5, 5.41) is 3.04. The van der Waals surface area contributed by atoms with Crippen molar-refractivity contribution in [2.45, 2.75) is 32.7 Å². The molecule has 2 rings (SSSR count). The van der Waals surface area contributed by atoms with Gasteiger partial charge in [0.2, 0.25) is 0 Å². The topological polar surface area (TPSA) is 41.6 Å². The van der Waals surface area contributed by atoms with E-state index in [0.29, 0.717) is 30.5 Å². The van der Waals surface area contributed by atoms with Gasteiger partial charge in [-0.2, -0.15) is 0 Å². The molecular weight excluding hydrogens is 252 g/mol. The maximum absolute atomic E-state index is 12.3. The molecule has 0 unspecified atom stereocenters. The summed E-state index contributed by atoms with van der Waals surface area (Å²) >= 11 is 0. The Bertz CT molecular complexity index is 448. The summed E-state index contributed by atoms with van der Waals surface area (Å²) in [7, 11) is 0. The maximum Gasteiger partial charge on any atom is 0.255 e. The predicted molar refractivity (Wildman–Crippen MR) is 80.2 cm³/mol. The number of hydrogen-bond donors (Lipinski definition) is 1. The summed E-state index contributed by atoms with van der Waals surface area (Å²) in [6.07, 6.45) is 2.39. The van der Waals surface area contributed by atoms with Crippen LogP contribution >= 0.6 is 0 Å². The number of nitrogens with zero attached hydrogens (tertiary/aromatic N) is 1. The molecule has 110 valence electrons. The molecule has 1 fully saturated rings. The Hall–Kier alpha value is -1.55. The summed E-state index contributed by atoms with van der Waals surface area (Å²) in [6, 6.07) is 7.88. The van der Waals surface area contributed by atoms with Crippen LogP contribution in [0.25, 0.3) is 0 Å². The molecule has 20 heavy (non-hydrogen) atoms. The van der Waals surface area contributed by atoms with Gasteiger partial charge in [0, 0.05) is 12.6 Å². The highest BCUT2D eigenvalue weighted by Crippen LogP contribution is 2.19. The molecule has 0 bridgehead atoms. The molecule has 0 saturated carbocycles. The van der Waals surface area contributed by atoms with Crippen molar-refractivity contribution in [3.63, 3.8) is 0 Å². The summed E-state index contributed by atoms with van der Waals surface area (Å²) < 4.78 is 5.50. The van der Waals surface area contributed by atoms with Crippen molar-refractivity contribution in [1.82, 2.24) is 10.2 Å². The average Bonchev–Trinajstić information content (AvgIpc) is 2.93. The molecule has 0 radical (unpaired) electrons. The van der Waals surface area contributed by atoms with Gasteiger partial charge < -0.3 is 10.1 Å². The van der Waals surface area contributed by atoms with Gasteiger partial charge in [-0.3, -0.25) is 9.69 Å². The van der Waals surface area contributed by atoms with E-state index in [1.807, 2.05) is 31.2 Å². The maximum atomic E-state index is 12.3. The van der Waals surface area contributed by atoms with Crippen LogP contribution in [0, 0.1) is 0 Å². The first kappa shape index (κ1) is 14.9.